The summed E-state index contributed by atoms with van der Waals surface area (Å²) < 4.78 is 0. The molecule has 0 aromatic heterocycles. The van der Waals surface area contributed by atoms with Gasteiger partial charge in [0, 0.05) is 30.7 Å². The maximum atomic E-state index is 3.72. The first-order valence-corrected chi connectivity index (χ1v) is 7.08. The van der Waals surface area contributed by atoms with Crippen LogP contribution in [0.25, 0.3) is 0 Å². The van der Waals surface area contributed by atoms with Crippen LogP contribution < -0.4 is 5.32 Å². The molecule has 0 spiro atoms. The molecule has 1 N–H and O–H groups in total. The van der Waals surface area contributed by atoms with Crippen LogP contribution in [0.15, 0.2) is 0 Å². The number of nitrogens with one attached hydrogen (secondary N) is 1. The number of piperazine rings is 1. The van der Waals surface area contributed by atoms with E-state index in [9.17, 15) is 0 Å². The second-order valence-corrected chi connectivity index (χ2v) is 6.31. The Kier molecular flexibility index (Phi) is 3.60. The highest BCUT2D eigenvalue weighted by molar-refractivity contribution is 5.00. The Hall–Kier alpha value is -0.0800. The summed E-state index contributed by atoms with van der Waals surface area (Å²) in [7, 11) is 0. The lowest BCUT2D eigenvalue weighted by molar-refractivity contribution is 0.0397. The van der Waals surface area contributed by atoms with Gasteiger partial charge in [-0.25, -0.2) is 0 Å². The van der Waals surface area contributed by atoms with Crippen molar-refractivity contribution in [2.45, 2.75) is 71.0 Å². The quantitative estimate of drug-likeness (QED) is 0.790. The lowest BCUT2D eigenvalue weighted by Crippen LogP contribution is -2.64. The van der Waals surface area contributed by atoms with Gasteiger partial charge in [-0.05, 0) is 45.4 Å². The normalized spacial score (nSPS) is 30.9. The van der Waals surface area contributed by atoms with Crippen molar-refractivity contribution >= 4 is 0 Å². The molecule has 94 valence electrons. The fourth-order valence-corrected chi connectivity index (χ4v) is 3.20. The Morgan fingerprint density at radius 2 is 1.88 bits per heavy atom. The summed E-state index contributed by atoms with van der Waals surface area (Å²) in [6, 6.07) is 1.62. The summed E-state index contributed by atoms with van der Waals surface area (Å²) in [5.74, 6) is 0.990. The largest absolute Gasteiger partial charge is 0.309 e. The van der Waals surface area contributed by atoms with Crippen LogP contribution in [0.2, 0.25) is 0 Å². The standard InChI is InChI=1S/C14H28N2/c1-5-12(6-2)16-10-14(3,4)15-9-13(16)11-7-8-11/h11-13,15H,5-10H2,1-4H3. The van der Waals surface area contributed by atoms with E-state index >= 15 is 0 Å². The van der Waals surface area contributed by atoms with E-state index in [0.29, 0.717) is 5.54 Å². The molecule has 2 fully saturated rings. The second-order valence-electron chi connectivity index (χ2n) is 6.31. The number of nitrogens with zero attached hydrogens (tertiary/aromatic N) is 1. The highest BCUT2D eigenvalue weighted by atomic mass is 15.3. The third kappa shape index (κ3) is 2.60. The van der Waals surface area contributed by atoms with Crippen molar-refractivity contribution in [2.75, 3.05) is 13.1 Å². The van der Waals surface area contributed by atoms with E-state index in [4.69, 9.17) is 0 Å². The van der Waals surface area contributed by atoms with Crippen LogP contribution in [-0.4, -0.2) is 35.6 Å². The Balaban J connectivity index is 2.07. The minimum absolute atomic E-state index is 0.300. The summed E-state index contributed by atoms with van der Waals surface area (Å²) in [5.41, 5.74) is 0.300. The maximum absolute atomic E-state index is 3.72. The molecule has 1 saturated heterocycles. The van der Waals surface area contributed by atoms with E-state index in [0.717, 1.165) is 18.0 Å². The Morgan fingerprint density at radius 1 is 1.25 bits per heavy atom. The molecule has 0 amide bonds. The van der Waals surface area contributed by atoms with Gasteiger partial charge in [-0.3, -0.25) is 4.90 Å². The topological polar surface area (TPSA) is 15.3 Å². The molecule has 1 aliphatic heterocycles. The van der Waals surface area contributed by atoms with Crippen molar-refractivity contribution in [3.05, 3.63) is 0 Å². The van der Waals surface area contributed by atoms with Crippen molar-refractivity contribution < 1.29 is 0 Å². The average Bonchev–Trinajstić information content (AvgIpc) is 3.02. The van der Waals surface area contributed by atoms with Gasteiger partial charge in [0.1, 0.15) is 0 Å². The zero-order valence-corrected chi connectivity index (χ0v) is 11.4. The molecule has 0 bridgehead atoms. The molecule has 1 aliphatic carbocycles. The van der Waals surface area contributed by atoms with E-state index in [1.54, 1.807) is 0 Å². The molecule has 2 nitrogen and oxygen atoms in total. The van der Waals surface area contributed by atoms with Gasteiger partial charge in [-0.1, -0.05) is 13.8 Å². The van der Waals surface area contributed by atoms with Crippen LogP contribution in [0.1, 0.15) is 53.4 Å². The Labute approximate surface area is 101 Å². The lowest BCUT2D eigenvalue weighted by atomic mass is 9.93. The molecule has 1 heterocycles. The average molecular weight is 224 g/mol. The molecule has 16 heavy (non-hydrogen) atoms. The predicted octanol–water partition coefficient (Wildman–Crippen LogP) is 2.64. The van der Waals surface area contributed by atoms with Crippen molar-refractivity contribution in [1.29, 1.82) is 0 Å². The van der Waals surface area contributed by atoms with Gasteiger partial charge < -0.3 is 5.32 Å². The van der Waals surface area contributed by atoms with Crippen molar-refractivity contribution in [3.8, 4) is 0 Å². The maximum Gasteiger partial charge on any atom is 0.0253 e. The fraction of sp³-hybridized carbons (Fsp3) is 1.00. The van der Waals surface area contributed by atoms with Crippen LogP contribution in [0.3, 0.4) is 0 Å². The van der Waals surface area contributed by atoms with E-state index in [1.165, 1.54) is 38.8 Å². The molecule has 0 aromatic rings. The van der Waals surface area contributed by atoms with Gasteiger partial charge in [0.2, 0.25) is 0 Å². The third-order valence-corrected chi connectivity index (χ3v) is 4.37. The fourth-order valence-electron chi connectivity index (χ4n) is 3.20. The minimum Gasteiger partial charge on any atom is -0.309 e. The van der Waals surface area contributed by atoms with E-state index in [2.05, 4.69) is 37.9 Å². The third-order valence-electron chi connectivity index (χ3n) is 4.37. The number of hydrogen-bond donors (Lipinski definition) is 1. The van der Waals surface area contributed by atoms with Gasteiger partial charge in [0.05, 0.1) is 0 Å². The lowest BCUT2D eigenvalue weighted by Gasteiger charge is -2.48. The monoisotopic (exact) mass is 224 g/mol. The van der Waals surface area contributed by atoms with Crippen LogP contribution >= 0.6 is 0 Å². The summed E-state index contributed by atoms with van der Waals surface area (Å²) in [4.78, 5) is 2.81. The van der Waals surface area contributed by atoms with Crippen LogP contribution in [0, 0.1) is 5.92 Å². The highest BCUT2D eigenvalue weighted by Gasteiger charge is 2.42. The van der Waals surface area contributed by atoms with Gasteiger partial charge in [0.15, 0.2) is 0 Å². The summed E-state index contributed by atoms with van der Waals surface area (Å²) >= 11 is 0. The zero-order valence-electron chi connectivity index (χ0n) is 11.4. The minimum atomic E-state index is 0.300. The van der Waals surface area contributed by atoms with Gasteiger partial charge in [-0.2, -0.15) is 0 Å². The summed E-state index contributed by atoms with van der Waals surface area (Å²) in [6.07, 6.45) is 5.53. The van der Waals surface area contributed by atoms with Crippen molar-refractivity contribution in [1.82, 2.24) is 10.2 Å². The molecule has 2 rings (SSSR count). The smallest absolute Gasteiger partial charge is 0.0253 e. The molecular weight excluding hydrogens is 196 g/mol. The predicted molar refractivity (Wildman–Crippen MR) is 69.7 cm³/mol. The van der Waals surface area contributed by atoms with E-state index in [1.807, 2.05) is 0 Å². The van der Waals surface area contributed by atoms with Crippen molar-refractivity contribution in [2.24, 2.45) is 5.92 Å². The van der Waals surface area contributed by atoms with Crippen molar-refractivity contribution in [3.63, 3.8) is 0 Å². The van der Waals surface area contributed by atoms with Gasteiger partial charge in [0.25, 0.3) is 0 Å². The van der Waals surface area contributed by atoms with Gasteiger partial charge >= 0.3 is 0 Å². The highest BCUT2D eigenvalue weighted by Crippen LogP contribution is 2.38. The molecule has 1 atom stereocenters. The first kappa shape index (κ1) is 12.4. The zero-order chi connectivity index (χ0) is 11.8. The first-order chi connectivity index (χ1) is 7.57. The van der Waals surface area contributed by atoms with E-state index < -0.39 is 0 Å². The summed E-state index contributed by atoms with van der Waals surface area (Å²) in [6.45, 7) is 11.8. The SMILES string of the molecule is CCC(CC)N1CC(C)(C)NCC1C1CC1. The first-order valence-electron chi connectivity index (χ1n) is 7.08. The van der Waals surface area contributed by atoms with Crippen LogP contribution in [0.4, 0.5) is 0 Å². The molecular formula is C14H28N2. The molecule has 2 aliphatic rings. The number of hydrogen-bond acceptors (Lipinski definition) is 2. The second kappa shape index (κ2) is 4.66. The molecule has 2 heteroatoms. The molecule has 0 aromatic carbocycles. The van der Waals surface area contributed by atoms with Crippen LogP contribution in [-0.2, 0) is 0 Å². The Bertz CT molecular complexity index is 229. The number of rotatable bonds is 4. The Morgan fingerprint density at radius 3 is 2.38 bits per heavy atom. The molecule has 1 unspecified atom stereocenters. The molecule has 1 saturated carbocycles. The van der Waals surface area contributed by atoms with E-state index in [-0.39, 0.29) is 0 Å². The van der Waals surface area contributed by atoms with Gasteiger partial charge in [-0.15, -0.1) is 0 Å². The van der Waals surface area contributed by atoms with Crippen LogP contribution in [0.5, 0.6) is 0 Å². The summed E-state index contributed by atoms with van der Waals surface area (Å²) in [5, 5.41) is 3.72. The molecule has 0 radical (unpaired) electrons.